The van der Waals surface area contributed by atoms with E-state index >= 15 is 0 Å². The van der Waals surface area contributed by atoms with Crippen molar-refractivity contribution in [1.29, 1.82) is 0 Å². The Kier molecular flexibility index (Phi) is 5.60. The second-order valence-corrected chi connectivity index (χ2v) is 8.46. The van der Waals surface area contributed by atoms with Gasteiger partial charge in [-0.1, -0.05) is 48.5 Å². The molecule has 0 aromatic heterocycles. The molecule has 27 heavy (non-hydrogen) atoms. The summed E-state index contributed by atoms with van der Waals surface area (Å²) in [5.74, 6) is -2.23. The third-order valence-electron chi connectivity index (χ3n) is 4.68. The average molecular weight is 388 g/mol. The molecule has 1 fully saturated rings. The monoisotopic (exact) mass is 388 g/mol. The Bertz CT molecular complexity index is 908. The molecule has 0 aliphatic carbocycles. The molecule has 3 rings (SSSR count). The van der Waals surface area contributed by atoms with Gasteiger partial charge in [0.2, 0.25) is 0 Å². The zero-order chi connectivity index (χ0) is 19.4. The van der Waals surface area contributed by atoms with E-state index in [0.717, 1.165) is 5.56 Å². The van der Waals surface area contributed by atoms with Gasteiger partial charge in [0.1, 0.15) is 6.10 Å². The first-order valence-corrected chi connectivity index (χ1v) is 10.1. The number of ether oxygens (including phenoxy) is 2. The fourth-order valence-electron chi connectivity index (χ4n) is 3.34. The van der Waals surface area contributed by atoms with Crippen LogP contribution in [-0.2, 0) is 35.3 Å². The van der Waals surface area contributed by atoms with Gasteiger partial charge in [-0.2, -0.15) is 0 Å². The van der Waals surface area contributed by atoms with E-state index in [9.17, 15) is 18.0 Å². The maximum Gasteiger partial charge on any atom is 0.325 e. The number of hydrogen-bond acceptors (Lipinski definition) is 6. The molecule has 0 bridgehead atoms. The summed E-state index contributed by atoms with van der Waals surface area (Å²) < 4.78 is 36.3. The van der Waals surface area contributed by atoms with Gasteiger partial charge in [0, 0.05) is 12.3 Å². The molecule has 2 aromatic carbocycles. The molecule has 3 atom stereocenters. The zero-order valence-corrected chi connectivity index (χ0v) is 15.6. The van der Waals surface area contributed by atoms with Crippen molar-refractivity contribution in [2.45, 2.75) is 29.1 Å². The summed E-state index contributed by atoms with van der Waals surface area (Å²) >= 11 is 0. The predicted octanol–water partition coefficient (Wildman–Crippen LogP) is 2.18. The van der Waals surface area contributed by atoms with Crippen LogP contribution < -0.4 is 0 Å². The largest absolute Gasteiger partial charge is 0.469 e. The highest BCUT2D eigenvalue weighted by atomic mass is 32.2. The van der Waals surface area contributed by atoms with Gasteiger partial charge in [0.05, 0.1) is 18.4 Å². The molecule has 0 saturated carbocycles. The van der Waals surface area contributed by atoms with Crippen LogP contribution in [-0.4, -0.2) is 38.8 Å². The predicted molar refractivity (Wildman–Crippen MR) is 97.6 cm³/mol. The van der Waals surface area contributed by atoms with Crippen LogP contribution in [0.3, 0.4) is 0 Å². The van der Waals surface area contributed by atoms with Crippen LogP contribution in [0.25, 0.3) is 0 Å². The molecule has 0 radical (unpaired) electrons. The maximum atomic E-state index is 13.1. The van der Waals surface area contributed by atoms with Gasteiger partial charge < -0.3 is 9.47 Å². The van der Waals surface area contributed by atoms with E-state index in [2.05, 4.69) is 0 Å². The van der Waals surface area contributed by atoms with Crippen molar-refractivity contribution in [2.75, 3.05) is 7.11 Å². The summed E-state index contributed by atoms with van der Waals surface area (Å²) in [5, 5.41) is -1.44. The zero-order valence-electron chi connectivity index (χ0n) is 14.8. The van der Waals surface area contributed by atoms with Crippen LogP contribution in [0.5, 0.6) is 0 Å². The first-order chi connectivity index (χ1) is 12.9. The molecule has 1 unspecified atom stereocenters. The molecule has 6 nitrogen and oxygen atoms in total. The first-order valence-electron chi connectivity index (χ1n) is 8.53. The second kappa shape index (κ2) is 7.92. The molecule has 1 aliphatic rings. The average Bonchev–Trinajstić information content (AvgIpc) is 2.98. The Morgan fingerprint density at radius 3 is 2.22 bits per heavy atom. The second-order valence-electron chi connectivity index (χ2n) is 6.39. The lowest BCUT2D eigenvalue weighted by Gasteiger charge is -2.20. The van der Waals surface area contributed by atoms with E-state index in [-0.39, 0.29) is 11.3 Å². The molecule has 0 spiro atoms. The van der Waals surface area contributed by atoms with Crippen LogP contribution in [0.4, 0.5) is 0 Å². The molecule has 142 valence electrons. The third kappa shape index (κ3) is 4.03. The number of esters is 2. The topological polar surface area (TPSA) is 86.7 Å². The fraction of sp³-hybridized carbons (Fsp3) is 0.300. The third-order valence-corrected chi connectivity index (χ3v) is 6.82. The van der Waals surface area contributed by atoms with Crippen molar-refractivity contribution in [3.8, 4) is 0 Å². The van der Waals surface area contributed by atoms with E-state index < -0.39 is 39.0 Å². The van der Waals surface area contributed by atoms with E-state index in [1.807, 2.05) is 30.3 Å². The van der Waals surface area contributed by atoms with E-state index in [1.165, 1.54) is 19.2 Å². The SMILES string of the molecule is COC(=O)C[C@H]1C(Cc2ccccc2)OC(=O)[C@H]1S(=O)(=O)c1ccccc1. The first kappa shape index (κ1) is 19.1. The molecule has 1 saturated heterocycles. The van der Waals surface area contributed by atoms with Gasteiger partial charge in [0.25, 0.3) is 0 Å². The summed E-state index contributed by atoms with van der Waals surface area (Å²) in [6, 6.07) is 17.0. The number of methoxy groups -OCH3 is 1. The highest BCUT2D eigenvalue weighted by molar-refractivity contribution is 7.92. The van der Waals surface area contributed by atoms with Crippen LogP contribution in [0, 0.1) is 5.92 Å². The Morgan fingerprint density at radius 1 is 1.04 bits per heavy atom. The fourth-order valence-corrected chi connectivity index (χ4v) is 5.21. The summed E-state index contributed by atoms with van der Waals surface area (Å²) in [7, 11) is -2.77. The summed E-state index contributed by atoms with van der Waals surface area (Å²) in [4.78, 5) is 24.4. The van der Waals surface area contributed by atoms with Crippen LogP contribution in [0.2, 0.25) is 0 Å². The quantitative estimate of drug-likeness (QED) is 0.705. The number of carbonyl (C=O) groups excluding carboxylic acids is 2. The van der Waals surface area contributed by atoms with Crippen molar-refractivity contribution in [3.05, 3.63) is 66.2 Å². The Morgan fingerprint density at radius 2 is 1.63 bits per heavy atom. The summed E-state index contributed by atoms with van der Waals surface area (Å²) in [5.41, 5.74) is 0.892. The molecular weight excluding hydrogens is 368 g/mol. The van der Waals surface area contributed by atoms with Gasteiger partial charge in [-0.15, -0.1) is 0 Å². The number of rotatable bonds is 6. The lowest BCUT2D eigenvalue weighted by atomic mass is 9.92. The minimum absolute atomic E-state index is 0.0298. The Hall–Kier alpha value is -2.67. The van der Waals surface area contributed by atoms with Crippen LogP contribution in [0.1, 0.15) is 12.0 Å². The normalized spacial score (nSPS) is 22.3. The van der Waals surface area contributed by atoms with Crippen LogP contribution in [0.15, 0.2) is 65.6 Å². The van der Waals surface area contributed by atoms with Gasteiger partial charge in [-0.05, 0) is 17.7 Å². The molecular formula is C20H20O6S. The number of hydrogen-bond donors (Lipinski definition) is 0. The van der Waals surface area contributed by atoms with Crippen molar-refractivity contribution in [2.24, 2.45) is 5.92 Å². The highest BCUT2D eigenvalue weighted by Crippen LogP contribution is 2.36. The summed E-state index contributed by atoms with van der Waals surface area (Å²) in [6.45, 7) is 0. The Labute approximate surface area is 158 Å². The lowest BCUT2D eigenvalue weighted by molar-refractivity contribution is -0.144. The smallest absolute Gasteiger partial charge is 0.325 e. The minimum atomic E-state index is -4.00. The maximum absolute atomic E-state index is 13.1. The Balaban J connectivity index is 1.96. The molecule has 1 heterocycles. The van der Waals surface area contributed by atoms with Gasteiger partial charge in [-0.25, -0.2) is 8.42 Å². The number of benzene rings is 2. The van der Waals surface area contributed by atoms with Crippen LogP contribution >= 0.6 is 0 Å². The van der Waals surface area contributed by atoms with Crippen molar-refractivity contribution >= 4 is 21.8 Å². The van der Waals surface area contributed by atoms with Crippen molar-refractivity contribution in [3.63, 3.8) is 0 Å². The lowest BCUT2D eigenvalue weighted by Crippen LogP contribution is -2.36. The number of sulfone groups is 1. The van der Waals surface area contributed by atoms with Crippen molar-refractivity contribution < 1.29 is 27.5 Å². The molecule has 2 aromatic rings. The van der Waals surface area contributed by atoms with E-state index in [4.69, 9.17) is 9.47 Å². The van der Waals surface area contributed by atoms with Gasteiger partial charge in [-0.3, -0.25) is 9.59 Å². The molecule has 1 aliphatic heterocycles. The standard InChI is InChI=1S/C20H20O6S/c1-25-18(21)13-16-17(12-14-8-4-2-5-9-14)26-20(22)19(16)27(23,24)15-10-6-3-7-11-15/h2-11,16-17,19H,12-13H2,1H3/t16-,17?,19-/m0/s1. The number of carbonyl (C=O) groups is 2. The molecule has 0 N–H and O–H groups in total. The van der Waals surface area contributed by atoms with Gasteiger partial charge >= 0.3 is 11.9 Å². The minimum Gasteiger partial charge on any atom is -0.469 e. The van der Waals surface area contributed by atoms with E-state index in [0.29, 0.717) is 6.42 Å². The van der Waals surface area contributed by atoms with E-state index in [1.54, 1.807) is 18.2 Å². The molecule has 7 heteroatoms. The van der Waals surface area contributed by atoms with Crippen molar-refractivity contribution in [1.82, 2.24) is 0 Å². The summed E-state index contributed by atoms with van der Waals surface area (Å²) in [6.07, 6.45) is -0.603. The number of cyclic esters (lactones) is 1. The molecule has 0 amide bonds. The van der Waals surface area contributed by atoms with Gasteiger partial charge in [0.15, 0.2) is 15.1 Å². The highest BCUT2D eigenvalue weighted by Gasteiger charge is 2.52.